The number of amides is 2. The second-order valence-corrected chi connectivity index (χ2v) is 6.48. The van der Waals surface area contributed by atoms with Crippen LogP contribution in [-0.2, 0) is 4.79 Å². The number of carbonyl (C=O) groups is 2. The fourth-order valence-electron chi connectivity index (χ4n) is 3.68. The molecule has 0 bridgehead atoms. The molecule has 114 valence electrons. The van der Waals surface area contributed by atoms with Crippen molar-refractivity contribution in [3.63, 3.8) is 0 Å². The molecule has 1 heterocycles. The van der Waals surface area contributed by atoms with Crippen molar-refractivity contribution >= 4 is 12.0 Å². The summed E-state index contributed by atoms with van der Waals surface area (Å²) in [5.74, 6) is -0.327. The Bertz CT molecular complexity index is 395. The monoisotopic (exact) mass is 282 g/mol. The van der Waals surface area contributed by atoms with Crippen molar-refractivity contribution in [3.05, 3.63) is 0 Å². The topological polar surface area (TPSA) is 60.9 Å². The molecule has 2 rings (SSSR count). The van der Waals surface area contributed by atoms with Gasteiger partial charge in [-0.1, -0.05) is 12.8 Å². The quantitative estimate of drug-likeness (QED) is 0.865. The number of aliphatic carboxylic acids is 1. The van der Waals surface area contributed by atoms with E-state index in [1.165, 1.54) is 24.2 Å². The Kier molecular flexibility index (Phi) is 4.25. The van der Waals surface area contributed by atoms with E-state index in [1.54, 1.807) is 13.8 Å². The third-order valence-electron chi connectivity index (χ3n) is 5.00. The molecular formula is C15H26N2O3. The molecule has 0 radical (unpaired) electrons. The van der Waals surface area contributed by atoms with Gasteiger partial charge in [0, 0.05) is 19.1 Å². The van der Waals surface area contributed by atoms with Gasteiger partial charge >= 0.3 is 12.0 Å². The van der Waals surface area contributed by atoms with Crippen molar-refractivity contribution in [1.29, 1.82) is 0 Å². The van der Waals surface area contributed by atoms with Crippen LogP contribution >= 0.6 is 0 Å². The van der Waals surface area contributed by atoms with E-state index in [-0.39, 0.29) is 6.03 Å². The number of carboxylic acids is 1. The van der Waals surface area contributed by atoms with Gasteiger partial charge in [-0.25, -0.2) is 9.59 Å². The molecule has 5 heteroatoms. The number of rotatable bonds is 3. The number of nitrogens with zero attached hydrogens (tertiary/aromatic N) is 2. The first kappa shape index (κ1) is 15.1. The predicted molar refractivity (Wildman–Crippen MR) is 76.6 cm³/mol. The summed E-state index contributed by atoms with van der Waals surface area (Å²) in [6, 6.07) is 0.226. The summed E-state index contributed by atoms with van der Waals surface area (Å²) in [4.78, 5) is 27.6. The number of urea groups is 1. The van der Waals surface area contributed by atoms with Crippen molar-refractivity contribution in [2.75, 3.05) is 13.1 Å². The van der Waals surface area contributed by atoms with Gasteiger partial charge in [0.05, 0.1) is 0 Å². The Morgan fingerprint density at radius 3 is 2.50 bits per heavy atom. The number of carboxylic acid groups (broad SMARTS) is 1. The summed E-state index contributed by atoms with van der Waals surface area (Å²) in [5.41, 5.74) is -1.15. The van der Waals surface area contributed by atoms with Crippen molar-refractivity contribution in [2.45, 2.75) is 64.5 Å². The zero-order valence-electron chi connectivity index (χ0n) is 12.8. The third-order valence-corrected chi connectivity index (χ3v) is 5.00. The Hall–Kier alpha value is -1.26. The maximum Gasteiger partial charge on any atom is 0.329 e. The predicted octanol–water partition coefficient (Wildman–Crippen LogP) is 2.56. The number of fused-ring (bicyclic) bond motifs is 1. The van der Waals surface area contributed by atoms with Gasteiger partial charge in [0.1, 0.15) is 5.54 Å². The molecule has 1 saturated heterocycles. The molecular weight excluding hydrogens is 256 g/mol. The smallest absolute Gasteiger partial charge is 0.329 e. The van der Waals surface area contributed by atoms with Crippen LogP contribution in [0.25, 0.3) is 0 Å². The van der Waals surface area contributed by atoms with Crippen LogP contribution in [0.1, 0.15) is 52.9 Å². The summed E-state index contributed by atoms with van der Waals surface area (Å²) >= 11 is 0. The average molecular weight is 282 g/mol. The van der Waals surface area contributed by atoms with E-state index in [9.17, 15) is 14.7 Å². The van der Waals surface area contributed by atoms with Crippen LogP contribution in [0.3, 0.4) is 0 Å². The lowest BCUT2D eigenvalue weighted by Gasteiger charge is -2.40. The first-order chi connectivity index (χ1) is 9.39. The summed E-state index contributed by atoms with van der Waals surface area (Å²) in [6.07, 6.45) is 5.80. The van der Waals surface area contributed by atoms with Crippen molar-refractivity contribution in [3.8, 4) is 0 Å². The van der Waals surface area contributed by atoms with E-state index in [4.69, 9.17) is 0 Å². The van der Waals surface area contributed by atoms with Gasteiger partial charge in [-0.15, -0.1) is 0 Å². The summed E-state index contributed by atoms with van der Waals surface area (Å²) in [5, 5.41) is 9.35. The average Bonchev–Trinajstić information content (AvgIpc) is 2.82. The first-order valence-corrected chi connectivity index (χ1v) is 7.71. The minimum absolute atomic E-state index is 0.102. The molecule has 2 unspecified atom stereocenters. The van der Waals surface area contributed by atoms with Gasteiger partial charge in [0.25, 0.3) is 0 Å². The van der Waals surface area contributed by atoms with Gasteiger partial charge in [0.15, 0.2) is 0 Å². The molecule has 1 aliphatic carbocycles. The summed E-state index contributed by atoms with van der Waals surface area (Å²) in [7, 11) is 0. The number of likely N-dealkylation sites (tertiary alicyclic amines) is 1. The molecule has 1 N–H and O–H groups in total. The lowest BCUT2D eigenvalue weighted by Crippen LogP contribution is -2.58. The Morgan fingerprint density at radius 2 is 1.90 bits per heavy atom. The molecule has 0 aromatic heterocycles. The highest BCUT2D eigenvalue weighted by Crippen LogP contribution is 2.37. The molecule has 5 nitrogen and oxygen atoms in total. The van der Waals surface area contributed by atoms with Gasteiger partial charge in [-0.3, -0.25) is 0 Å². The molecule has 0 aromatic rings. The molecule has 2 fully saturated rings. The highest BCUT2D eigenvalue weighted by atomic mass is 16.4. The second-order valence-electron chi connectivity index (χ2n) is 6.48. The van der Waals surface area contributed by atoms with E-state index in [1.807, 2.05) is 11.8 Å². The van der Waals surface area contributed by atoms with Gasteiger partial charge in [0.2, 0.25) is 0 Å². The van der Waals surface area contributed by atoms with Crippen LogP contribution in [0.4, 0.5) is 4.79 Å². The van der Waals surface area contributed by atoms with E-state index in [0.29, 0.717) is 18.5 Å². The number of hydrogen-bond acceptors (Lipinski definition) is 2. The van der Waals surface area contributed by atoms with Crippen LogP contribution in [-0.4, -0.2) is 51.6 Å². The Morgan fingerprint density at radius 1 is 1.25 bits per heavy atom. The minimum atomic E-state index is -1.15. The van der Waals surface area contributed by atoms with Crippen molar-refractivity contribution in [2.24, 2.45) is 5.92 Å². The van der Waals surface area contributed by atoms with Crippen LogP contribution in [0.5, 0.6) is 0 Å². The van der Waals surface area contributed by atoms with E-state index >= 15 is 0 Å². The SMILES string of the molecule is CCN(C(=O)N1CCC2CCCCC21)C(C)(C)C(=O)O. The standard InChI is InChI=1S/C15H26N2O3/c1-4-17(15(2,3)13(18)19)14(20)16-10-9-11-7-5-6-8-12(11)16/h11-12H,4-10H2,1-3H3,(H,18,19). The van der Waals surface area contributed by atoms with E-state index in [0.717, 1.165) is 19.4 Å². The fraction of sp³-hybridized carbons (Fsp3) is 0.867. The highest BCUT2D eigenvalue weighted by Gasteiger charge is 2.44. The van der Waals surface area contributed by atoms with Crippen LogP contribution in [0.15, 0.2) is 0 Å². The zero-order valence-corrected chi connectivity index (χ0v) is 12.8. The van der Waals surface area contributed by atoms with Gasteiger partial charge < -0.3 is 14.9 Å². The lowest BCUT2D eigenvalue weighted by atomic mass is 9.85. The van der Waals surface area contributed by atoms with E-state index in [2.05, 4.69) is 0 Å². The fourth-order valence-corrected chi connectivity index (χ4v) is 3.68. The van der Waals surface area contributed by atoms with Crippen molar-refractivity contribution < 1.29 is 14.7 Å². The molecule has 20 heavy (non-hydrogen) atoms. The Labute approximate surface area is 120 Å². The maximum atomic E-state index is 12.8. The second kappa shape index (κ2) is 5.62. The molecule has 1 saturated carbocycles. The maximum absolute atomic E-state index is 12.8. The lowest BCUT2D eigenvalue weighted by molar-refractivity contribution is -0.147. The third kappa shape index (κ3) is 2.50. The van der Waals surface area contributed by atoms with Crippen molar-refractivity contribution in [1.82, 2.24) is 9.80 Å². The molecule has 2 atom stereocenters. The van der Waals surface area contributed by atoms with E-state index < -0.39 is 11.5 Å². The summed E-state index contributed by atoms with van der Waals surface area (Å²) in [6.45, 7) is 6.25. The summed E-state index contributed by atoms with van der Waals surface area (Å²) < 4.78 is 0. The first-order valence-electron chi connectivity index (χ1n) is 7.71. The molecule has 2 aliphatic rings. The molecule has 0 aromatic carbocycles. The van der Waals surface area contributed by atoms with Gasteiger partial charge in [-0.2, -0.15) is 0 Å². The van der Waals surface area contributed by atoms with Crippen LogP contribution < -0.4 is 0 Å². The number of carbonyl (C=O) groups excluding carboxylic acids is 1. The van der Waals surface area contributed by atoms with Crippen LogP contribution in [0.2, 0.25) is 0 Å². The molecule has 2 amide bonds. The normalized spacial score (nSPS) is 26.2. The van der Waals surface area contributed by atoms with Crippen LogP contribution in [0, 0.1) is 5.92 Å². The minimum Gasteiger partial charge on any atom is -0.480 e. The highest BCUT2D eigenvalue weighted by molar-refractivity contribution is 5.85. The number of hydrogen-bond donors (Lipinski definition) is 1. The number of likely N-dealkylation sites (N-methyl/N-ethyl adjacent to an activating group) is 1. The Balaban J connectivity index is 2.15. The zero-order chi connectivity index (χ0) is 14.9. The largest absolute Gasteiger partial charge is 0.480 e. The van der Waals surface area contributed by atoms with Gasteiger partial charge in [-0.05, 0) is 46.0 Å². The molecule has 1 aliphatic heterocycles. The molecule has 0 spiro atoms.